The van der Waals surface area contributed by atoms with Gasteiger partial charge in [-0.2, -0.15) is 0 Å². The van der Waals surface area contributed by atoms with Crippen molar-refractivity contribution in [1.82, 2.24) is 4.90 Å². The predicted octanol–water partition coefficient (Wildman–Crippen LogP) is 3.59. The molecule has 3 heterocycles. The molecule has 1 aliphatic heterocycles. The maximum atomic E-state index is 12.6. The highest BCUT2D eigenvalue weighted by Gasteiger charge is 2.39. The molecule has 0 unspecified atom stereocenters. The number of Topliss-reactive ketones (excluding diaryl/α,β-unsaturated/α-hetero) is 2. The second-order valence-electron chi connectivity index (χ2n) is 6.37. The van der Waals surface area contributed by atoms with Gasteiger partial charge in [0.05, 0.1) is 17.0 Å². The van der Waals surface area contributed by atoms with Crippen molar-refractivity contribution >= 4 is 28.8 Å². The van der Waals surface area contributed by atoms with Crippen LogP contribution in [0.25, 0.3) is 11.3 Å². The third-order valence-electron chi connectivity index (χ3n) is 4.93. The first-order valence-corrected chi connectivity index (χ1v) is 9.19. The van der Waals surface area contributed by atoms with Crippen molar-refractivity contribution in [2.75, 3.05) is 6.54 Å². The van der Waals surface area contributed by atoms with E-state index >= 15 is 0 Å². The van der Waals surface area contributed by atoms with Crippen LogP contribution in [0.3, 0.4) is 0 Å². The largest absolute Gasteiger partial charge is 0.458 e. The zero-order valence-corrected chi connectivity index (χ0v) is 14.5. The van der Waals surface area contributed by atoms with E-state index in [4.69, 9.17) is 4.42 Å². The monoisotopic (exact) mass is 363 g/mol. The molecule has 2 aromatic heterocycles. The Labute approximate surface area is 152 Å². The number of carbonyl (C=O) groups is 3. The van der Waals surface area contributed by atoms with Gasteiger partial charge in [-0.15, -0.1) is 11.3 Å². The summed E-state index contributed by atoms with van der Waals surface area (Å²) in [5.41, 5.74) is 2.18. The highest BCUT2D eigenvalue weighted by Crippen LogP contribution is 2.40. The number of rotatable bonds is 1. The molecule has 1 aliphatic carbocycles. The first-order chi connectivity index (χ1) is 12.6. The SMILES string of the molecule is O=C1C(=O)c2c(oc3c2CCN(C(=O)c2cccs2)C3)-c2ccccc21. The molecule has 6 heteroatoms. The third-order valence-corrected chi connectivity index (χ3v) is 5.78. The zero-order chi connectivity index (χ0) is 17.8. The van der Waals surface area contributed by atoms with Crippen LogP contribution in [0.1, 0.15) is 41.7 Å². The van der Waals surface area contributed by atoms with Crippen LogP contribution < -0.4 is 0 Å². The minimum Gasteiger partial charge on any atom is -0.458 e. The molecule has 0 bridgehead atoms. The summed E-state index contributed by atoms with van der Waals surface area (Å²) in [6.45, 7) is 0.807. The van der Waals surface area contributed by atoms with Crippen LogP contribution in [0.5, 0.6) is 0 Å². The van der Waals surface area contributed by atoms with Crippen LogP contribution in [0.2, 0.25) is 0 Å². The van der Waals surface area contributed by atoms with Gasteiger partial charge >= 0.3 is 0 Å². The van der Waals surface area contributed by atoms with Gasteiger partial charge in [-0.3, -0.25) is 14.4 Å². The van der Waals surface area contributed by atoms with Gasteiger partial charge in [0.1, 0.15) is 11.5 Å². The number of hydrogen-bond acceptors (Lipinski definition) is 5. The molecule has 26 heavy (non-hydrogen) atoms. The summed E-state index contributed by atoms with van der Waals surface area (Å²) >= 11 is 1.40. The first kappa shape index (κ1) is 15.3. The molecule has 0 atom stereocenters. The van der Waals surface area contributed by atoms with Gasteiger partial charge in [0.25, 0.3) is 5.91 Å². The van der Waals surface area contributed by atoms with E-state index in [1.54, 1.807) is 29.2 Å². The molecular formula is C20H13NO4S. The number of hydrogen-bond donors (Lipinski definition) is 0. The van der Waals surface area contributed by atoms with E-state index in [2.05, 4.69) is 0 Å². The maximum absolute atomic E-state index is 12.6. The van der Waals surface area contributed by atoms with Gasteiger partial charge in [-0.05, 0) is 17.9 Å². The van der Waals surface area contributed by atoms with Gasteiger partial charge in [-0.25, -0.2) is 0 Å². The number of benzene rings is 1. The highest BCUT2D eigenvalue weighted by molar-refractivity contribution is 7.12. The minimum absolute atomic E-state index is 0.0391. The first-order valence-electron chi connectivity index (χ1n) is 8.31. The molecule has 0 radical (unpaired) electrons. The van der Waals surface area contributed by atoms with Crippen LogP contribution in [-0.2, 0) is 13.0 Å². The van der Waals surface area contributed by atoms with E-state index in [1.165, 1.54) is 11.3 Å². The fraction of sp³-hybridized carbons (Fsp3) is 0.150. The Morgan fingerprint density at radius 1 is 1.04 bits per heavy atom. The fourth-order valence-electron chi connectivity index (χ4n) is 3.68. The van der Waals surface area contributed by atoms with E-state index in [9.17, 15) is 14.4 Å². The lowest BCUT2D eigenvalue weighted by Crippen LogP contribution is -2.35. The van der Waals surface area contributed by atoms with Crippen LogP contribution in [0.15, 0.2) is 46.2 Å². The van der Waals surface area contributed by atoms with Crippen molar-refractivity contribution in [2.45, 2.75) is 13.0 Å². The van der Waals surface area contributed by atoms with Crippen molar-refractivity contribution in [3.05, 3.63) is 69.1 Å². The summed E-state index contributed by atoms with van der Waals surface area (Å²) in [4.78, 5) is 40.1. The lowest BCUT2D eigenvalue weighted by molar-refractivity contribution is 0.0725. The summed E-state index contributed by atoms with van der Waals surface area (Å²) in [6.07, 6.45) is 0.506. The second kappa shape index (κ2) is 5.51. The lowest BCUT2D eigenvalue weighted by Gasteiger charge is -2.25. The van der Waals surface area contributed by atoms with Gasteiger partial charge in [0.2, 0.25) is 11.6 Å². The second-order valence-corrected chi connectivity index (χ2v) is 7.31. The Morgan fingerprint density at radius 3 is 2.62 bits per heavy atom. The minimum atomic E-state index is -0.512. The highest BCUT2D eigenvalue weighted by atomic mass is 32.1. The average Bonchev–Trinajstić information content (AvgIpc) is 3.33. The molecule has 5 rings (SSSR count). The molecule has 5 nitrogen and oxygen atoms in total. The summed E-state index contributed by atoms with van der Waals surface area (Å²) < 4.78 is 6.01. The van der Waals surface area contributed by atoms with E-state index in [0.29, 0.717) is 52.6 Å². The molecule has 0 spiro atoms. The smallest absolute Gasteiger partial charge is 0.264 e. The Bertz CT molecular complexity index is 1080. The molecule has 1 amide bonds. The van der Waals surface area contributed by atoms with E-state index < -0.39 is 11.6 Å². The molecule has 0 fully saturated rings. The molecule has 2 aliphatic rings. The number of amides is 1. The van der Waals surface area contributed by atoms with Gasteiger partial charge in [0.15, 0.2) is 0 Å². The Morgan fingerprint density at radius 2 is 1.85 bits per heavy atom. The molecule has 128 valence electrons. The van der Waals surface area contributed by atoms with Gasteiger partial charge in [-0.1, -0.05) is 30.3 Å². The van der Waals surface area contributed by atoms with Crippen LogP contribution in [0, 0.1) is 0 Å². The van der Waals surface area contributed by atoms with Crippen molar-refractivity contribution in [1.29, 1.82) is 0 Å². The number of nitrogens with zero attached hydrogens (tertiary/aromatic N) is 1. The van der Waals surface area contributed by atoms with Crippen LogP contribution in [0.4, 0.5) is 0 Å². The Hall–Kier alpha value is -2.99. The van der Waals surface area contributed by atoms with Gasteiger partial charge < -0.3 is 9.32 Å². The Kier molecular flexibility index (Phi) is 3.24. The normalized spacial score (nSPS) is 15.5. The quantitative estimate of drug-likeness (QED) is 0.620. The average molecular weight is 363 g/mol. The molecule has 0 N–H and O–H groups in total. The summed E-state index contributed by atoms with van der Waals surface area (Å²) in [5.74, 6) is 0.0166. The van der Waals surface area contributed by atoms with Crippen molar-refractivity contribution in [3.63, 3.8) is 0 Å². The number of furan rings is 1. The van der Waals surface area contributed by atoms with Crippen molar-refractivity contribution in [3.8, 4) is 11.3 Å². The zero-order valence-electron chi connectivity index (χ0n) is 13.7. The lowest BCUT2D eigenvalue weighted by atomic mass is 9.85. The Balaban J connectivity index is 1.58. The molecule has 0 saturated heterocycles. The topological polar surface area (TPSA) is 67.6 Å². The van der Waals surface area contributed by atoms with Crippen molar-refractivity contribution in [2.24, 2.45) is 0 Å². The third kappa shape index (κ3) is 2.05. The summed E-state index contributed by atoms with van der Waals surface area (Å²) in [7, 11) is 0. The van der Waals surface area contributed by atoms with Gasteiger partial charge in [0, 0.05) is 23.2 Å². The molecule has 0 saturated carbocycles. The van der Waals surface area contributed by atoms with Crippen LogP contribution >= 0.6 is 11.3 Å². The number of fused-ring (bicyclic) bond motifs is 5. The maximum Gasteiger partial charge on any atom is 0.264 e. The number of thiophene rings is 1. The molecule has 1 aromatic carbocycles. The number of carbonyl (C=O) groups excluding carboxylic acids is 3. The predicted molar refractivity (Wildman–Crippen MR) is 95.6 cm³/mol. The fourth-order valence-corrected chi connectivity index (χ4v) is 4.37. The van der Waals surface area contributed by atoms with E-state index in [0.717, 1.165) is 5.56 Å². The summed E-state index contributed by atoms with van der Waals surface area (Å²) in [5, 5.41) is 1.87. The van der Waals surface area contributed by atoms with E-state index in [-0.39, 0.29) is 5.91 Å². The molecular weight excluding hydrogens is 350 g/mol. The standard InChI is InChI=1S/C20H13NO4S/c22-17-11-4-1-2-5-12(11)19-16(18(17)23)13-7-8-21(10-14(13)25-19)20(24)15-6-3-9-26-15/h1-6,9H,7-8,10H2. The van der Waals surface area contributed by atoms with Crippen LogP contribution in [-0.4, -0.2) is 28.9 Å². The van der Waals surface area contributed by atoms with E-state index in [1.807, 2.05) is 17.5 Å². The number of ketones is 2. The molecule has 3 aromatic rings. The summed E-state index contributed by atoms with van der Waals surface area (Å²) in [6, 6.07) is 10.6. The van der Waals surface area contributed by atoms with Crippen molar-refractivity contribution < 1.29 is 18.8 Å².